The highest BCUT2D eigenvalue weighted by Gasteiger charge is 2.29. The first-order chi connectivity index (χ1) is 12.0. The molecule has 0 atom stereocenters. The fourth-order valence-electron chi connectivity index (χ4n) is 2.76. The van der Waals surface area contributed by atoms with Gasteiger partial charge in [0.2, 0.25) is 15.9 Å². The van der Waals surface area contributed by atoms with E-state index >= 15 is 0 Å². The van der Waals surface area contributed by atoms with E-state index in [-0.39, 0.29) is 36.0 Å². The molecule has 25 heavy (non-hydrogen) atoms. The zero-order valence-corrected chi connectivity index (χ0v) is 14.4. The van der Waals surface area contributed by atoms with E-state index in [2.05, 4.69) is 0 Å². The van der Waals surface area contributed by atoms with Gasteiger partial charge in [0.1, 0.15) is 6.54 Å². The van der Waals surface area contributed by atoms with E-state index in [0.29, 0.717) is 13.1 Å². The fraction of sp³-hybridized carbons (Fsp3) is 0.294. The molecular weight excluding hydrogens is 342 g/mol. The van der Waals surface area contributed by atoms with E-state index in [1.165, 1.54) is 14.9 Å². The second-order valence-electron chi connectivity index (χ2n) is 5.76. The minimum atomic E-state index is -3.54. The zero-order chi connectivity index (χ0) is 17.9. The van der Waals surface area contributed by atoms with Crippen LogP contribution in [0.1, 0.15) is 0 Å². The summed E-state index contributed by atoms with van der Waals surface area (Å²) >= 11 is 0. The van der Waals surface area contributed by atoms with E-state index in [0.717, 1.165) is 0 Å². The first kappa shape index (κ1) is 17.4. The molecular formula is C17H19N3O4S. The van der Waals surface area contributed by atoms with Crippen LogP contribution in [0.15, 0.2) is 64.4 Å². The van der Waals surface area contributed by atoms with Crippen molar-refractivity contribution >= 4 is 15.9 Å². The Labute approximate surface area is 146 Å². The van der Waals surface area contributed by atoms with Crippen LogP contribution < -0.4 is 5.56 Å². The quantitative estimate of drug-likeness (QED) is 0.789. The highest BCUT2D eigenvalue weighted by molar-refractivity contribution is 7.89. The second kappa shape index (κ2) is 7.20. The fourth-order valence-corrected chi connectivity index (χ4v) is 4.20. The van der Waals surface area contributed by atoms with Crippen molar-refractivity contribution in [3.8, 4) is 0 Å². The van der Waals surface area contributed by atoms with Crippen molar-refractivity contribution in [3.63, 3.8) is 0 Å². The lowest BCUT2D eigenvalue weighted by atomic mass is 10.3. The monoisotopic (exact) mass is 361 g/mol. The lowest BCUT2D eigenvalue weighted by Gasteiger charge is -2.34. The summed E-state index contributed by atoms with van der Waals surface area (Å²) in [6.07, 6.45) is 1.57. The Morgan fingerprint density at radius 3 is 2.20 bits per heavy atom. The number of hydrogen-bond donors (Lipinski definition) is 0. The number of piperazine rings is 1. The van der Waals surface area contributed by atoms with E-state index in [9.17, 15) is 18.0 Å². The van der Waals surface area contributed by atoms with Crippen molar-refractivity contribution in [1.29, 1.82) is 0 Å². The number of benzene rings is 1. The van der Waals surface area contributed by atoms with Crippen molar-refractivity contribution in [3.05, 3.63) is 65.1 Å². The van der Waals surface area contributed by atoms with Gasteiger partial charge < -0.3 is 9.47 Å². The molecule has 1 aromatic heterocycles. The summed E-state index contributed by atoms with van der Waals surface area (Å²) in [4.78, 5) is 25.9. The van der Waals surface area contributed by atoms with E-state index in [1.807, 2.05) is 0 Å². The lowest BCUT2D eigenvalue weighted by Crippen LogP contribution is -2.51. The third-order valence-electron chi connectivity index (χ3n) is 4.18. The Morgan fingerprint density at radius 2 is 1.56 bits per heavy atom. The van der Waals surface area contributed by atoms with Crippen LogP contribution in [0, 0.1) is 0 Å². The van der Waals surface area contributed by atoms with Gasteiger partial charge in [0.05, 0.1) is 4.90 Å². The maximum absolute atomic E-state index is 12.6. The van der Waals surface area contributed by atoms with Gasteiger partial charge in [0, 0.05) is 38.4 Å². The predicted octanol–water partition coefficient (Wildman–Crippen LogP) is 0.381. The molecule has 1 aliphatic heterocycles. The van der Waals surface area contributed by atoms with Crippen LogP contribution in [0.3, 0.4) is 0 Å². The Balaban J connectivity index is 1.63. The van der Waals surface area contributed by atoms with Gasteiger partial charge in [-0.05, 0) is 18.2 Å². The molecule has 1 fully saturated rings. The molecule has 2 aromatic rings. The molecule has 1 amide bonds. The maximum Gasteiger partial charge on any atom is 0.250 e. The van der Waals surface area contributed by atoms with Gasteiger partial charge in [-0.2, -0.15) is 4.31 Å². The molecule has 0 aliphatic carbocycles. The summed E-state index contributed by atoms with van der Waals surface area (Å²) in [5.74, 6) is -0.190. The molecule has 132 valence electrons. The van der Waals surface area contributed by atoms with Gasteiger partial charge in [-0.1, -0.05) is 24.3 Å². The molecule has 8 heteroatoms. The molecule has 1 saturated heterocycles. The van der Waals surface area contributed by atoms with Crippen LogP contribution in [0.25, 0.3) is 0 Å². The maximum atomic E-state index is 12.6. The van der Waals surface area contributed by atoms with Gasteiger partial charge in [-0.3, -0.25) is 9.59 Å². The summed E-state index contributed by atoms with van der Waals surface area (Å²) in [7, 11) is -3.54. The number of carbonyl (C=O) groups excluding carboxylic acids is 1. The zero-order valence-electron chi connectivity index (χ0n) is 13.6. The minimum Gasteiger partial charge on any atom is -0.339 e. The molecule has 0 N–H and O–H groups in total. The van der Waals surface area contributed by atoms with Crippen LogP contribution in [0.2, 0.25) is 0 Å². The standard InChI is InChI=1S/C17H19N3O4S/c21-16-8-4-5-9-19(16)14-17(22)18-10-12-20(13-11-18)25(23,24)15-6-2-1-3-7-15/h1-9H,10-14H2. The van der Waals surface area contributed by atoms with E-state index < -0.39 is 10.0 Å². The predicted molar refractivity (Wildman–Crippen MR) is 92.5 cm³/mol. The number of nitrogens with zero attached hydrogens (tertiary/aromatic N) is 3. The van der Waals surface area contributed by atoms with E-state index in [1.54, 1.807) is 53.6 Å². The highest BCUT2D eigenvalue weighted by atomic mass is 32.2. The minimum absolute atomic E-state index is 0.0366. The second-order valence-corrected chi connectivity index (χ2v) is 7.70. The average molecular weight is 361 g/mol. The molecule has 0 bridgehead atoms. The average Bonchev–Trinajstić information content (AvgIpc) is 2.64. The Kier molecular flexibility index (Phi) is 5.00. The summed E-state index contributed by atoms with van der Waals surface area (Å²) < 4.78 is 27.9. The third kappa shape index (κ3) is 3.80. The number of sulfonamides is 1. The van der Waals surface area contributed by atoms with Gasteiger partial charge in [0.15, 0.2) is 0 Å². The van der Waals surface area contributed by atoms with E-state index in [4.69, 9.17) is 0 Å². The van der Waals surface area contributed by atoms with Crippen molar-refractivity contribution < 1.29 is 13.2 Å². The Hall–Kier alpha value is -2.45. The summed E-state index contributed by atoms with van der Waals surface area (Å²) in [5, 5.41) is 0. The number of pyridine rings is 1. The first-order valence-corrected chi connectivity index (χ1v) is 9.41. The van der Waals surface area contributed by atoms with Gasteiger partial charge >= 0.3 is 0 Å². The van der Waals surface area contributed by atoms with Crippen molar-refractivity contribution in [2.24, 2.45) is 0 Å². The van der Waals surface area contributed by atoms with Crippen molar-refractivity contribution in [1.82, 2.24) is 13.8 Å². The number of aromatic nitrogens is 1. The van der Waals surface area contributed by atoms with Gasteiger partial charge in [0.25, 0.3) is 5.56 Å². The van der Waals surface area contributed by atoms with Crippen LogP contribution in [-0.4, -0.2) is 54.3 Å². The molecule has 1 aromatic carbocycles. The molecule has 0 spiro atoms. The third-order valence-corrected chi connectivity index (χ3v) is 6.09. The summed E-state index contributed by atoms with van der Waals surface area (Å²) in [6.45, 7) is 1.07. The number of hydrogen-bond acceptors (Lipinski definition) is 4. The summed E-state index contributed by atoms with van der Waals surface area (Å²) in [5.41, 5.74) is -0.235. The molecule has 1 aliphatic rings. The molecule has 3 rings (SSSR count). The Bertz CT molecular complexity index is 901. The normalized spacial score (nSPS) is 15.9. The largest absolute Gasteiger partial charge is 0.339 e. The molecule has 2 heterocycles. The van der Waals surface area contributed by atoms with Crippen LogP contribution in [0.5, 0.6) is 0 Å². The SMILES string of the molecule is O=C(Cn1ccccc1=O)N1CCN(S(=O)(=O)c2ccccc2)CC1. The van der Waals surface area contributed by atoms with Crippen LogP contribution >= 0.6 is 0 Å². The number of rotatable bonds is 4. The Morgan fingerprint density at radius 1 is 0.920 bits per heavy atom. The van der Waals surface area contributed by atoms with Crippen molar-refractivity contribution in [2.75, 3.05) is 26.2 Å². The molecule has 0 radical (unpaired) electrons. The van der Waals surface area contributed by atoms with Gasteiger partial charge in [-0.15, -0.1) is 0 Å². The lowest BCUT2D eigenvalue weighted by molar-refractivity contribution is -0.133. The highest BCUT2D eigenvalue weighted by Crippen LogP contribution is 2.17. The summed E-state index contributed by atoms with van der Waals surface area (Å²) in [6, 6.07) is 13.0. The first-order valence-electron chi connectivity index (χ1n) is 7.97. The van der Waals surface area contributed by atoms with Crippen LogP contribution in [0.4, 0.5) is 0 Å². The van der Waals surface area contributed by atoms with Gasteiger partial charge in [-0.25, -0.2) is 8.42 Å². The number of carbonyl (C=O) groups is 1. The molecule has 7 nitrogen and oxygen atoms in total. The molecule has 0 unspecified atom stereocenters. The topological polar surface area (TPSA) is 79.7 Å². The molecule has 0 saturated carbocycles. The number of amides is 1. The van der Waals surface area contributed by atoms with Crippen LogP contribution in [-0.2, 0) is 21.4 Å². The van der Waals surface area contributed by atoms with Crippen molar-refractivity contribution in [2.45, 2.75) is 11.4 Å². The smallest absolute Gasteiger partial charge is 0.250 e.